The maximum Gasteiger partial charge on any atom is 0.322 e. The summed E-state index contributed by atoms with van der Waals surface area (Å²) in [4.78, 5) is 46.9. The molecule has 158 valence electrons. The van der Waals surface area contributed by atoms with Crippen LogP contribution in [0, 0.1) is 0 Å². The van der Waals surface area contributed by atoms with Crippen LogP contribution >= 0.6 is 0 Å². The van der Waals surface area contributed by atoms with E-state index in [1.807, 2.05) is 0 Å². The predicted molar refractivity (Wildman–Crippen MR) is 91.6 cm³/mol. The number of H-pyrrole nitrogens is 2. The second-order valence-corrected chi connectivity index (χ2v) is 5.97. The molecule has 0 amide bonds. The highest BCUT2D eigenvalue weighted by Crippen LogP contribution is 2.23. The predicted octanol–water partition coefficient (Wildman–Crippen LogP) is -3.99. The maximum absolute atomic E-state index is 12.1. The highest BCUT2D eigenvalue weighted by Gasteiger charge is 2.44. The van der Waals surface area contributed by atoms with Crippen molar-refractivity contribution in [2.24, 2.45) is 5.73 Å². The lowest BCUT2D eigenvalue weighted by molar-refractivity contribution is -0.139. The van der Waals surface area contributed by atoms with Crippen LogP contribution in [0.2, 0.25) is 0 Å². The van der Waals surface area contributed by atoms with Gasteiger partial charge in [-0.25, -0.2) is 9.97 Å². The first-order valence-corrected chi connectivity index (χ1v) is 8.09. The third-order valence-corrected chi connectivity index (χ3v) is 3.95. The molecule has 29 heavy (non-hydrogen) atoms. The summed E-state index contributed by atoms with van der Waals surface area (Å²) in [6.07, 6.45) is -5.13. The van der Waals surface area contributed by atoms with Gasteiger partial charge < -0.3 is 46.3 Å². The number of aliphatic hydroxyl groups is 5. The summed E-state index contributed by atoms with van der Waals surface area (Å²) in [5, 5.41) is 54.7. The summed E-state index contributed by atoms with van der Waals surface area (Å²) in [5.41, 5.74) is 3.96. The number of ketones is 2. The fourth-order valence-corrected chi connectivity index (χ4v) is 2.29. The Morgan fingerprint density at radius 1 is 1.10 bits per heavy atom. The number of aromatic amines is 2. The summed E-state index contributed by atoms with van der Waals surface area (Å²) in [5.74, 6) is -2.97. The number of carbonyl (C=O) groups excluding carboxylic acids is 2. The standard InChI is InChI=1S/C12H12N4O6.C3H7NO3/c17-5-3-4(16-12(15-3)11-13-1-2-14-11)6(18)8(20)10(22)9(21)7(5)19;4-2(1-5)3(6)7/h1-2,7-10,19-22H,(H,13,14)(H,15,16);2,5H,1,4H2,(H,6,7)/t;2-/m.0/s1. The average molecular weight is 413 g/mol. The summed E-state index contributed by atoms with van der Waals surface area (Å²) < 4.78 is 0. The van der Waals surface area contributed by atoms with E-state index in [0.29, 0.717) is 0 Å². The number of nitrogens with zero attached hydrogens (tertiary/aromatic N) is 2. The summed E-state index contributed by atoms with van der Waals surface area (Å²) in [6.45, 7) is -0.505. The first-order chi connectivity index (χ1) is 13.6. The second-order valence-electron chi connectivity index (χ2n) is 5.97. The van der Waals surface area contributed by atoms with E-state index in [9.17, 15) is 34.8 Å². The van der Waals surface area contributed by atoms with Gasteiger partial charge in [0.25, 0.3) is 0 Å². The molecule has 0 fully saturated rings. The van der Waals surface area contributed by atoms with Crippen molar-refractivity contribution in [2.75, 3.05) is 6.61 Å². The number of aromatic nitrogens is 4. The number of carboxylic acids is 1. The number of aliphatic carboxylic acids is 1. The Balaban J connectivity index is 0.000000370. The van der Waals surface area contributed by atoms with Gasteiger partial charge >= 0.3 is 5.97 Å². The summed E-state index contributed by atoms with van der Waals surface area (Å²) >= 11 is 0. The molecule has 1 aliphatic carbocycles. The van der Waals surface area contributed by atoms with Gasteiger partial charge in [0.05, 0.1) is 6.61 Å². The van der Waals surface area contributed by atoms with Gasteiger partial charge in [-0.1, -0.05) is 0 Å². The number of hydrogen-bond acceptors (Lipinski definition) is 11. The monoisotopic (exact) mass is 413 g/mol. The van der Waals surface area contributed by atoms with Crippen LogP contribution < -0.4 is 5.73 Å². The van der Waals surface area contributed by atoms with E-state index >= 15 is 0 Å². The Bertz CT molecular complexity index is 837. The number of imidazole rings is 2. The molecule has 0 saturated heterocycles. The molecule has 14 nitrogen and oxygen atoms in total. The van der Waals surface area contributed by atoms with E-state index < -0.39 is 60.3 Å². The van der Waals surface area contributed by atoms with E-state index in [-0.39, 0.29) is 17.3 Å². The van der Waals surface area contributed by atoms with Crippen LogP contribution in [0.3, 0.4) is 0 Å². The number of fused-ring (bicyclic) bond motifs is 1. The Kier molecular flexibility index (Phi) is 6.91. The molecule has 2 aromatic heterocycles. The number of aliphatic hydroxyl groups excluding tert-OH is 5. The number of nitrogens with one attached hydrogen (secondary N) is 2. The lowest BCUT2D eigenvalue weighted by Gasteiger charge is -2.26. The fraction of sp³-hybridized carbons (Fsp3) is 0.400. The molecular formula is C15H19N5O9. The quantitative estimate of drug-likeness (QED) is 0.233. The van der Waals surface area contributed by atoms with E-state index in [1.54, 1.807) is 0 Å². The van der Waals surface area contributed by atoms with Gasteiger partial charge in [0.15, 0.2) is 11.6 Å². The van der Waals surface area contributed by atoms with Crippen LogP contribution in [0.15, 0.2) is 12.4 Å². The molecule has 0 aromatic carbocycles. The molecular weight excluding hydrogens is 394 g/mol. The third kappa shape index (κ3) is 4.53. The minimum Gasteiger partial charge on any atom is -0.480 e. The average Bonchev–Trinajstić information content (AvgIpc) is 3.39. The zero-order valence-corrected chi connectivity index (χ0v) is 14.6. The molecule has 1 aliphatic rings. The first kappa shape index (κ1) is 22.3. The maximum atomic E-state index is 12.1. The number of rotatable bonds is 3. The van der Waals surface area contributed by atoms with Crippen LogP contribution in [0.4, 0.5) is 0 Å². The lowest BCUT2D eigenvalue weighted by Crippen LogP contribution is -2.52. The Morgan fingerprint density at radius 3 is 2.14 bits per heavy atom. The number of nitrogens with two attached hydrogens (primary N) is 1. The Labute approximate surface area is 161 Å². The highest BCUT2D eigenvalue weighted by molar-refractivity contribution is 6.11. The molecule has 5 atom stereocenters. The molecule has 0 spiro atoms. The number of Topliss-reactive ketones (excluding diaryl/α,β-unsaturated/α-hetero) is 2. The van der Waals surface area contributed by atoms with Crippen molar-refractivity contribution in [3.8, 4) is 11.6 Å². The number of hydrogen-bond donors (Lipinski definition) is 9. The van der Waals surface area contributed by atoms with Crippen molar-refractivity contribution in [1.29, 1.82) is 0 Å². The number of carbonyl (C=O) groups is 3. The van der Waals surface area contributed by atoms with Crippen LogP contribution in [0.5, 0.6) is 0 Å². The zero-order valence-electron chi connectivity index (χ0n) is 14.6. The molecule has 0 radical (unpaired) electrons. The number of carboxylic acid groups (broad SMARTS) is 1. The van der Waals surface area contributed by atoms with E-state index in [1.165, 1.54) is 12.4 Å². The van der Waals surface area contributed by atoms with Gasteiger partial charge in [-0.2, -0.15) is 0 Å². The Morgan fingerprint density at radius 2 is 1.69 bits per heavy atom. The smallest absolute Gasteiger partial charge is 0.322 e. The minimum atomic E-state index is -2.02. The van der Waals surface area contributed by atoms with Crippen LogP contribution in [0.25, 0.3) is 11.6 Å². The molecule has 2 aromatic rings. The largest absolute Gasteiger partial charge is 0.480 e. The van der Waals surface area contributed by atoms with Gasteiger partial charge in [-0.3, -0.25) is 14.4 Å². The van der Waals surface area contributed by atoms with Crippen LogP contribution in [0.1, 0.15) is 21.0 Å². The van der Waals surface area contributed by atoms with Crippen molar-refractivity contribution in [3.05, 3.63) is 23.8 Å². The topological polar surface area (TPSA) is 256 Å². The van der Waals surface area contributed by atoms with Crippen LogP contribution in [-0.2, 0) is 4.79 Å². The zero-order chi connectivity index (χ0) is 21.9. The molecule has 0 saturated carbocycles. The van der Waals surface area contributed by atoms with Crippen molar-refractivity contribution in [1.82, 2.24) is 19.9 Å². The molecule has 14 heteroatoms. The van der Waals surface area contributed by atoms with Crippen molar-refractivity contribution in [3.63, 3.8) is 0 Å². The second kappa shape index (κ2) is 8.99. The lowest BCUT2D eigenvalue weighted by atomic mass is 9.91. The molecule has 4 unspecified atom stereocenters. The third-order valence-electron chi connectivity index (χ3n) is 3.95. The normalized spacial score (nSPS) is 25.3. The first-order valence-electron chi connectivity index (χ1n) is 8.09. The van der Waals surface area contributed by atoms with Crippen molar-refractivity contribution >= 4 is 17.5 Å². The SMILES string of the molecule is N[C@@H](CO)C(=O)O.O=C1c2nc(-c3ncc[nH]3)[nH]c2C(=O)C(O)C(O)C(O)C1O. The van der Waals surface area contributed by atoms with Gasteiger partial charge in [-0.15, -0.1) is 0 Å². The van der Waals surface area contributed by atoms with Crippen LogP contribution in [-0.4, -0.2) is 105 Å². The molecule has 10 N–H and O–H groups in total. The van der Waals surface area contributed by atoms with Gasteiger partial charge in [0.2, 0.25) is 11.6 Å². The van der Waals surface area contributed by atoms with Gasteiger partial charge in [0.1, 0.15) is 41.8 Å². The van der Waals surface area contributed by atoms with E-state index in [0.717, 1.165) is 0 Å². The minimum absolute atomic E-state index is 0.0435. The summed E-state index contributed by atoms with van der Waals surface area (Å²) in [6, 6.07) is -1.13. The Hall–Kier alpha value is -3.01. The molecule has 3 rings (SSSR count). The highest BCUT2D eigenvalue weighted by atomic mass is 16.4. The van der Waals surface area contributed by atoms with Gasteiger partial charge in [0, 0.05) is 12.4 Å². The molecule has 0 bridgehead atoms. The molecule has 2 heterocycles. The van der Waals surface area contributed by atoms with E-state index in [4.69, 9.17) is 15.9 Å². The van der Waals surface area contributed by atoms with Gasteiger partial charge in [-0.05, 0) is 0 Å². The fourth-order valence-electron chi connectivity index (χ4n) is 2.29. The van der Waals surface area contributed by atoms with E-state index in [2.05, 4.69) is 19.9 Å². The molecule has 0 aliphatic heterocycles. The summed E-state index contributed by atoms with van der Waals surface area (Å²) in [7, 11) is 0. The van der Waals surface area contributed by atoms with Crippen molar-refractivity contribution in [2.45, 2.75) is 30.5 Å². The van der Waals surface area contributed by atoms with Crippen molar-refractivity contribution < 1.29 is 45.0 Å².